The molecule has 0 aliphatic rings. The average Bonchev–Trinajstić information content (AvgIpc) is 2.91. The summed E-state index contributed by atoms with van der Waals surface area (Å²) in [6, 6.07) is 5.14. The van der Waals surface area contributed by atoms with Crippen molar-refractivity contribution in [2.45, 2.75) is 19.8 Å². The summed E-state index contributed by atoms with van der Waals surface area (Å²) in [4.78, 5) is 19.0. The highest BCUT2D eigenvalue weighted by atomic mass is 16.3. The minimum atomic E-state index is -0.249. The zero-order chi connectivity index (χ0) is 13.7. The van der Waals surface area contributed by atoms with Gasteiger partial charge in [0.15, 0.2) is 0 Å². The minimum absolute atomic E-state index is 0.0473. The van der Waals surface area contributed by atoms with Gasteiger partial charge >= 0.3 is 0 Å². The van der Waals surface area contributed by atoms with Gasteiger partial charge in [-0.05, 0) is 25.0 Å². The van der Waals surface area contributed by atoms with Gasteiger partial charge in [0.1, 0.15) is 11.6 Å². The van der Waals surface area contributed by atoms with E-state index >= 15 is 0 Å². The Balaban J connectivity index is 1.83. The number of aromatic nitrogens is 2. The summed E-state index contributed by atoms with van der Waals surface area (Å²) in [6.45, 7) is 2.32. The zero-order valence-corrected chi connectivity index (χ0v) is 10.8. The smallest absolute Gasteiger partial charge is 0.255 e. The minimum Gasteiger partial charge on any atom is -0.507 e. The largest absolute Gasteiger partial charge is 0.507 e. The number of phenols is 1. The predicted molar refractivity (Wildman–Crippen MR) is 72.1 cm³/mol. The van der Waals surface area contributed by atoms with Gasteiger partial charge in [-0.1, -0.05) is 12.1 Å². The van der Waals surface area contributed by atoms with Gasteiger partial charge in [-0.25, -0.2) is 4.98 Å². The highest BCUT2D eigenvalue weighted by Crippen LogP contribution is 2.20. The predicted octanol–water partition coefficient (Wildman–Crippen LogP) is 1.79. The van der Waals surface area contributed by atoms with Gasteiger partial charge in [0.2, 0.25) is 0 Å². The van der Waals surface area contributed by atoms with Gasteiger partial charge in [0.05, 0.1) is 5.56 Å². The maximum Gasteiger partial charge on any atom is 0.255 e. The number of rotatable bonds is 5. The van der Waals surface area contributed by atoms with Crippen LogP contribution in [0.25, 0.3) is 0 Å². The van der Waals surface area contributed by atoms with Crippen molar-refractivity contribution >= 4 is 5.91 Å². The monoisotopic (exact) mass is 259 g/mol. The number of hydrogen-bond acceptors (Lipinski definition) is 3. The number of H-pyrrole nitrogens is 1. The number of aryl methyl sites for hydroxylation is 2. The summed E-state index contributed by atoms with van der Waals surface area (Å²) >= 11 is 0. The molecule has 2 aromatic rings. The number of nitrogens with one attached hydrogen (secondary N) is 2. The van der Waals surface area contributed by atoms with E-state index in [0.717, 1.165) is 18.7 Å². The van der Waals surface area contributed by atoms with Gasteiger partial charge in [0, 0.05) is 25.4 Å². The number of phenolic OH excluding ortho intramolecular Hbond substituents is 1. The highest BCUT2D eigenvalue weighted by Gasteiger charge is 2.11. The van der Waals surface area contributed by atoms with E-state index in [0.29, 0.717) is 17.7 Å². The number of benzene rings is 1. The fraction of sp³-hybridized carbons (Fsp3) is 0.286. The second kappa shape index (κ2) is 6.04. The SMILES string of the molecule is Cc1cccc(C(=O)NCCCc2ncc[nH]2)c1O. The standard InChI is InChI=1S/C14H17N3O2/c1-10-4-2-5-11(13(10)18)14(19)17-7-3-6-12-15-8-9-16-12/h2,4-5,8-9,18H,3,6-7H2,1H3,(H,15,16)(H,17,19). The Bertz CT molecular complexity index is 550. The summed E-state index contributed by atoms with van der Waals surface area (Å²) in [5.41, 5.74) is 1.02. The molecular weight excluding hydrogens is 242 g/mol. The van der Waals surface area contributed by atoms with Crippen molar-refractivity contribution in [3.8, 4) is 5.75 Å². The van der Waals surface area contributed by atoms with Crippen molar-refractivity contribution < 1.29 is 9.90 Å². The third kappa shape index (κ3) is 3.34. The second-order valence-electron chi connectivity index (χ2n) is 4.37. The van der Waals surface area contributed by atoms with E-state index in [2.05, 4.69) is 15.3 Å². The Kier molecular flexibility index (Phi) is 4.18. The molecule has 100 valence electrons. The number of amides is 1. The van der Waals surface area contributed by atoms with Gasteiger partial charge in [-0.3, -0.25) is 4.79 Å². The normalized spacial score (nSPS) is 10.4. The topological polar surface area (TPSA) is 78.0 Å². The molecule has 0 aliphatic carbocycles. The molecular formula is C14H17N3O2. The average molecular weight is 259 g/mol. The number of hydrogen-bond donors (Lipinski definition) is 3. The molecule has 1 aromatic carbocycles. The quantitative estimate of drug-likeness (QED) is 0.716. The molecule has 5 heteroatoms. The molecule has 0 saturated carbocycles. The van der Waals surface area contributed by atoms with Crippen LogP contribution >= 0.6 is 0 Å². The molecule has 1 aromatic heterocycles. The highest BCUT2D eigenvalue weighted by molar-refractivity contribution is 5.97. The fourth-order valence-electron chi connectivity index (χ4n) is 1.83. The molecule has 3 N–H and O–H groups in total. The number of aromatic amines is 1. The number of para-hydroxylation sites is 1. The Morgan fingerprint density at radius 3 is 3.05 bits per heavy atom. The van der Waals surface area contributed by atoms with E-state index in [1.807, 2.05) is 0 Å². The van der Waals surface area contributed by atoms with Gasteiger partial charge < -0.3 is 15.4 Å². The number of carbonyl (C=O) groups excluding carboxylic acids is 1. The molecule has 1 heterocycles. The molecule has 0 spiro atoms. The van der Waals surface area contributed by atoms with E-state index in [4.69, 9.17) is 0 Å². The number of aromatic hydroxyl groups is 1. The number of imidazole rings is 1. The van der Waals surface area contributed by atoms with Gasteiger partial charge in [0.25, 0.3) is 5.91 Å². The first-order chi connectivity index (χ1) is 9.18. The molecule has 0 fully saturated rings. The summed E-state index contributed by atoms with van der Waals surface area (Å²) in [6.07, 6.45) is 5.07. The van der Waals surface area contributed by atoms with Crippen LogP contribution in [-0.4, -0.2) is 27.5 Å². The molecule has 0 bridgehead atoms. The lowest BCUT2D eigenvalue weighted by molar-refractivity contribution is 0.0950. The Labute approximate surface area is 111 Å². The van der Waals surface area contributed by atoms with Crippen LogP contribution < -0.4 is 5.32 Å². The van der Waals surface area contributed by atoms with Crippen LogP contribution in [0, 0.1) is 6.92 Å². The van der Waals surface area contributed by atoms with Crippen LogP contribution in [0.4, 0.5) is 0 Å². The molecule has 1 amide bonds. The molecule has 2 rings (SSSR count). The molecule has 19 heavy (non-hydrogen) atoms. The van der Waals surface area contributed by atoms with Crippen LogP contribution in [0.3, 0.4) is 0 Å². The maximum absolute atomic E-state index is 11.9. The first kappa shape index (κ1) is 13.1. The Morgan fingerprint density at radius 1 is 1.47 bits per heavy atom. The van der Waals surface area contributed by atoms with Crippen molar-refractivity contribution in [3.63, 3.8) is 0 Å². The second-order valence-corrected chi connectivity index (χ2v) is 4.37. The van der Waals surface area contributed by atoms with Crippen LogP contribution in [0.1, 0.15) is 28.2 Å². The summed E-state index contributed by atoms with van der Waals surface area (Å²) in [5.74, 6) is 0.708. The first-order valence-electron chi connectivity index (χ1n) is 6.23. The maximum atomic E-state index is 11.9. The van der Waals surface area contributed by atoms with Crippen molar-refractivity contribution in [1.29, 1.82) is 0 Å². The van der Waals surface area contributed by atoms with Crippen LogP contribution in [0.5, 0.6) is 5.75 Å². The van der Waals surface area contributed by atoms with E-state index in [1.54, 1.807) is 37.5 Å². The number of carbonyl (C=O) groups is 1. The lowest BCUT2D eigenvalue weighted by atomic mass is 10.1. The van der Waals surface area contributed by atoms with Gasteiger partial charge in [-0.2, -0.15) is 0 Å². The lowest BCUT2D eigenvalue weighted by Gasteiger charge is -2.07. The molecule has 0 aliphatic heterocycles. The Morgan fingerprint density at radius 2 is 2.32 bits per heavy atom. The Hall–Kier alpha value is -2.30. The third-order valence-electron chi connectivity index (χ3n) is 2.91. The van der Waals surface area contributed by atoms with E-state index in [1.165, 1.54) is 0 Å². The van der Waals surface area contributed by atoms with Crippen molar-refractivity contribution in [2.24, 2.45) is 0 Å². The van der Waals surface area contributed by atoms with E-state index in [9.17, 15) is 9.90 Å². The summed E-state index contributed by atoms with van der Waals surface area (Å²) in [7, 11) is 0. The number of nitrogens with zero attached hydrogens (tertiary/aromatic N) is 1. The first-order valence-corrected chi connectivity index (χ1v) is 6.23. The molecule has 0 unspecified atom stereocenters. The van der Waals surface area contributed by atoms with Crippen LogP contribution in [-0.2, 0) is 6.42 Å². The molecule has 0 radical (unpaired) electrons. The van der Waals surface area contributed by atoms with Crippen molar-refractivity contribution in [1.82, 2.24) is 15.3 Å². The van der Waals surface area contributed by atoms with Gasteiger partial charge in [-0.15, -0.1) is 0 Å². The summed E-state index contributed by atoms with van der Waals surface area (Å²) in [5, 5.41) is 12.6. The lowest BCUT2D eigenvalue weighted by Crippen LogP contribution is -2.25. The molecule has 0 saturated heterocycles. The van der Waals surface area contributed by atoms with Crippen LogP contribution in [0.15, 0.2) is 30.6 Å². The van der Waals surface area contributed by atoms with Crippen LogP contribution in [0.2, 0.25) is 0 Å². The van der Waals surface area contributed by atoms with Crippen molar-refractivity contribution in [2.75, 3.05) is 6.54 Å². The third-order valence-corrected chi connectivity index (χ3v) is 2.91. The summed E-state index contributed by atoms with van der Waals surface area (Å²) < 4.78 is 0. The van der Waals surface area contributed by atoms with E-state index < -0.39 is 0 Å². The van der Waals surface area contributed by atoms with Crippen molar-refractivity contribution in [3.05, 3.63) is 47.5 Å². The zero-order valence-electron chi connectivity index (χ0n) is 10.8. The molecule has 0 atom stereocenters. The van der Waals surface area contributed by atoms with E-state index in [-0.39, 0.29) is 11.7 Å². The fourth-order valence-corrected chi connectivity index (χ4v) is 1.83. The molecule has 5 nitrogen and oxygen atoms in total.